The number of fused-ring (bicyclic) bond motifs is 1. The maximum absolute atomic E-state index is 7.11. The summed E-state index contributed by atoms with van der Waals surface area (Å²) in [6, 6.07) is 4.71. The quantitative estimate of drug-likeness (QED) is 0.446. The zero-order valence-corrected chi connectivity index (χ0v) is 15.5. The van der Waals surface area contributed by atoms with Crippen LogP contribution in [0.3, 0.4) is 0 Å². The standard InChI is InChI=1S/C12H10Cl6N2O2/c1-5(20-19)6-2-3-8-7(4-6)9(11(13,14)15)22-10(21-8)12(16,17)18/h2-5,9-10,19H,1H3. The number of alkyl halides is 6. The van der Waals surface area contributed by atoms with Gasteiger partial charge in [0.15, 0.2) is 0 Å². The lowest BCUT2D eigenvalue weighted by Crippen LogP contribution is -2.42. The molecule has 0 radical (unpaired) electrons. The Morgan fingerprint density at radius 3 is 2.27 bits per heavy atom. The van der Waals surface area contributed by atoms with Crippen LogP contribution in [0.25, 0.3) is 0 Å². The van der Waals surface area contributed by atoms with E-state index in [2.05, 4.69) is 5.11 Å². The van der Waals surface area contributed by atoms with Gasteiger partial charge in [0.2, 0.25) is 10.1 Å². The minimum Gasteiger partial charge on any atom is -0.460 e. The van der Waals surface area contributed by atoms with E-state index < -0.39 is 20.0 Å². The predicted molar refractivity (Wildman–Crippen MR) is 88.8 cm³/mol. The summed E-state index contributed by atoms with van der Waals surface area (Å²) in [5, 5.41) is 3.46. The van der Waals surface area contributed by atoms with Gasteiger partial charge >= 0.3 is 0 Å². The van der Waals surface area contributed by atoms with E-state index in [0.717, 1.165) is 5.56 Å². The van der Waals surface area contributed by atoms with Gasteiger partial charge in [-0.05, 0) is 24.6 Å². The highest BCUT2D eigenvalue weighted by Crippen LogP contribution is 2.51. The molecule has 2 rings (SSSR count). The van der Waals surface area contributed by atoms with Gasteiger partial charge in [0.05, 0.1) is 6.04 Å². The molecule has 1 aliphatic heterocycles. The van der Waals surface area contributed by atoms with Gasteiger partial charge in [-0.25, -0.2) is 5.53 Å². The van der Waals surface area contributed by atoms with Gasteiger partial charge in [0.1, 0.15) is 11.9 Å². The SMILES string of the molecule is CC(N=N)c1ccc2c(c1)C(C(Cl)(Cl)Cl)OC(C(Cl)(Cl)Cl)O2. The van der Waals surface area contributed by atoms with Crippen molar-refractivity contribution >= 4 is 69.6 Å². The predicted octanol–water partition coefficient (Wildman–Crippen LogP) is 6.30. The number of rotatable bonds is 2. The van der Waals surface area contributed by atoms with Crippen LogP contribution in [-0.2, 0) is 4.74 Å². The highest BCUT2D eigenvalue weighted by atomic mass is 35.6. The fraction of sp³-hybridized carbons (Fsp3) is 0.500. The zero-order chi connectivity index (χ0) is 16.7. The molecule has 3 unspecified atom stereocenters. The number of nitrogens with one attached hydrogen (secondary N) is 1. The van der Waals surface area contributed by atoms with E-state index in [0.29, 0.717) is 11.3 Å². The van der Waals surface area contributed by atoms with Crippen molar-refractivity contribution in [2.75, 3.05) is 0 Å². The molecule has 1 N–H and O–H groups in total. The van der Waals surface area contributed by atoms with Gasteiger partial charge in [0.25, 0.3) is 3.79 Å². The molecule has 0 aliphatic carbocycles. The normalized spacial score (nSPS) is 23.4. The molecule has 1 heterocycles. The van der Waals surface area contributed by atoms with E-state index in [-0.39, 0.29) is 6.04 Å². The number of halogens is 6. The van der Waals surface area contributed by atoms with E-state index in [1.54, 1.807) is 25.1 Å². The number of nitrogens with zero attached hydrogens (tertiary/aromatic N) is 1. The van der Waals surface area contributed by atoms with Gasteiger partial charge in [0, 0.05) is 5.56 Å². The van der Waals surface area contributed by atoms with Crippen molar-refractivity contribution in [3.05, 3.63) is 29.3 Å². The van der Waals surface area contributed by atoms with E-state index in [1.807, 2.05) is 0 Å². The summed E-state index contributed by atoms with van der Waals surface area (Å²) in [6.07, 6.45) is -2.23. The molecule has 0 amide bonds. The molecule has 122 valence electrons. The Bertz CT molecular complexity index is 572. The van der Waals surface area contributed by atoms with Crippen LogP contribution in [0, 0.1) is 5.53 Å². The van der Waals surface area contributed by atoms with Crippen molar-refractivity contribution in [3.8, 4) is 5.75 Å². The lowest BCUT2D eigenvalue weighted by molar-refractivity contribution is -0.136. The van der Waals surface area contributed by atoms with Crippen LogP contribution in [0.2, 0.25) is 0 Å². The first kappa shape index (κ1) is 18.7. The first-order valence-corrected chi connectivity index (χ1v) is 8.26. The van der Waals surface area contributed by atoms with Crippen LogP contribution >= 0.6 is 69.6 Å². The third-order valence-electron chi connectivity index (χ3n) is 3.05. The monoisotopic (exact) mass is 424 g/mol. The van der Waals surface area contributed by atoms with Crippen LogP contribution in [0.1, 0.15) is 30.2 Å². The lowest BCUT2D eigenvalue weighted by atomic mass is 10.0. The summed E-state index contributed by atoms with van der Waals surface area (Å²) in [5.74, 6) is 0.375. The van der Waals surface area contributed by atoms with Crippen molar-refractivity contribution in [2.45, 2.75) is 32.9 Å². The summed E-state index contributed by atoms with van der Waals surface area (Å²) in [7, 11) is 0. The van der Waals surface area contributed by atoms with E-state index in [9.17, 15) is 0 Å². The van der Waals surface area contributed by atoms with Gasteiger partial charge < -0.3 is 9.47 Å². The maximum Gasteiger partial charge on any atom is 0.252 e. The Balaban J connectivity index is 2.49. The third kappa shape index (κ3) is 4.04. The Kier molecular flexibility index (Phi) is 5.66. The lowest BCUT2D eigenvalue weighted by Gasteiger charge is -2.38. The maximum atomic E-state index is 7.11. The van der Waals surface area contributed by atoms with Crippen LogP contribution in [0.5, 0.6) is 5.75 Å². The number of hydrogen-bond donors (Lipinski definition) is 1. The van der Waals surface area contributed by atoms with Crippen LogP contribution in [-0.4, -0.2) is 13.9 Å². The van der Waals surface area contributed by atoms with Gasteiger partial charge in [-0.3, -0.25) is 0 Å². The average Bonchev–Trinajstić information content (AvgIpc) is 2.42. The summed E-state index contributed by atoms with van der Waals surface area (Å²) >= 11 is 35.4. The Morgan fingerprint density at radius 2 is 1.77 bits per heavy atom. The van der Waals surface area contributed by atoms with Crippen LogP contribution < -0.4 is 4.74 Å². The third-order valence-corrected chi connectivity index (χ3v) is 4.18. The van der Waals surface area contributed by atoms with Crippen LogP contribution in [0.15, 0.2) is 23.3 Å². The van der Waals surface area contributed by atoms with Crippen molar-refractivity contribution in [2.24, 2.45) is 5.11 Å². The molecule has 1 aromatic rings. The summed E-state index contributed by atoms with van der Waals surface area (Å²) in [5.41, 5.74) is 8.33. The number of benzene rings is 1. The molecule has 0 aromatic heterocycles. The molecule has 4 nitrogen and oxygen atoms in total. The van der Waals surface area contributed by atoms with Crippen molar-refractivity contribution in [1.82, 2.24) is 0 Å². The fourth-order valence-electron chi connectivity index (χ4n) is 1.95. The van der Waals surface area contributed by atoms with Gasteiger partial charge in [-0.15, -0.1) is 0 Å². The number of hydrogen-bond acceptors (Lipinski definition) is 4. The summed E-state index contributed by atoms with van der Waals surface area (Å²) in [6.45, 7) is 1.76. The highest BCUT2D eigenvalue weighted by Gasteiger charge is 2.48. The Morgan fingerprint density at radius 1 is 1.14 bits per heavy atom. The average molecular weight is 427 g/mol. The summed E-state index contributed by atoms with van der Waals surface area (Å²) < 4.78 is 7.39. The molecule has 0 bridgehead atoms. The van der Waals surface area contributed by atoms with Gasteiger partial charge in [-0.2, -0.15) is 5.11 Å². The minimum atomic E-state index is -1.85. The van der Waals surface area contributed by atoms with E-state index in [4.69, 9.17) is 84.6 Å². The molecule has 0 spiro atoms. The molecular weight excluding hydrogens is 417 g/mol. The molecule has 0 saturated heterocycles. The minimum absolute atomic E-state index is 0.354. The Hall–Kier alpha value is 0.320. The topological polar surface area (TPSA) is 54.7 Å². The molecule has 22 heavy (non-hydrogen) atoms. The van der Waals surface area contributed by atoms with Crippen molar-refractivity contribution in [1.29, 1.82) is 5.53 Å². The van der Waals surface area contributed by atoms with E-state index >= 15 is 0 Å². The van der Waals surface area contributed by atoms with E-state index in [1.165, 1.54) is 0 Å². The second-order valence-corrected chi connectivity index (χ2v) is 9.39. The number of ether oxygens (including phenoxy) is 2. The Labute approximate surface area is 157 Å². The fourth-order valence-corrected chi connectivity index (χ4v) is 2.75. The van der Waals surface area contributed by atoms with Crippen molar-refractivity contribution in [3.63, 3.8) is 0 Å². The molecule has 10 heteroatoms. The van der Waals surface area contributed by atoms with Crippen LogP contribution in [0.4, 0.5) is 0 Å². The zero-order valence-electron chi connectivity index (χ0n) is 11.0. The smallest absolute Gasteiger partial charge is 0.252 e. The molecule has 1 aromatic carbocycles. The first-order chi connectivity index (χ1) is 10.0. The molecule has 0 fully saturated rings. The molecule has 0 saturated carbocycles. The molecule has 1 aliphatic rings. The summed E-state index contributed by atoms with van der Waals surface area (Å²) in [4.78, 5) is 0. The molecular formula is C12H10Cl6N2O2. The van der Waals surface area contributed by atoms with Gasteiger partial charge in [-0.1, -0.05) is 75.7 Å². The second-order valence-electron chi connectivity index (χ2n) is 4.65. The second kappa shape index (κ2) is 6.67. The largest absolute Gasteiger partial charge is 0.460 e. The first-order valence-electron chi connectivity index (χ1n) is 6.00. The molecule has 3 atom stereocenters. The highest BCUT2D eigenvalue weighted by molar-refractivity contribution is 6.68. The van der Waals surface area contributed by atoms with Crippen molar-refractivity contribution < 1.29 is 9.47 Å².